The van der Waals surface area contributed by atoms with Crippen LogP contribution in [0, 0.1) is 0 Å². The van der Waals surface area contributed by atoms with Crippen molar-refractivity contribution >= 4 is 17.6 Å². The minimum atomic E-state index is -1.21. The summed E-state index contributed by atoms with van der Waals surface area (Å²) in [5.41, 5.74) is 0.336. The van der Waals surface area contributed by atoms with E-state index in [2.05, 4.69) is 0 Å². The van der Waals surface area contributed by atoms with E-state index in [1.165, 1.54) is 33.3 Å². The summed E-state index contributed by atoms with van der Waals surface area (Å²) < 4.78 is 15.2. The average Bonchev–Trinajstić information content (AvgIpc) is 2.45. The molecular formula is C13H17ClO6. The molecule has 7 heteroatoms. The number of carbonyl (C=O) groups excluding carboxylic acids is 1. The average molecular weight is 305 g/mol. The number of ether oxygens (including phenoxy) is 3. The number of methoxy groups -OCH3 is 2. The lowest BCUT2D eigenvalue weighted by atomic mass is 10.0. The molecule has 0 aliphatic heterocycles. The number of carbonyl (C=O) groups is 1. The van der Waals surface area contributed by atoms with E-state index in [-0.39, 0.29) is 23.1 Å². The Morgan fingerprint density at radius 3 is 2.10 bits per heavy atom. The predicted octanol–water partition coefficient (Wildman–Crippen LogP) is 1.26. The van der Waals surface area contributed by atoms with Crippen LogP contribution >= 0.6 is 11.6 Å². The van der Waals surface area contributed by atoms with Crippen LogP contribution in [0.2, 0.25) is 0 Å². The normalized spacial score (nSPS) is 13.5. The summed E-state index contributed by atoms with van der Waals surface area (Å²) in [6.45, 7) is 1.25. The number of hydrogen-bond acceptors (Lipinski definition) is 6. The molecule has 2 atom stereocenters. The molecule has 112 valence electrons. The second kappa shape index (κ2) is 7.33. The molecule has 1 aromatic carbocycles. The number of halogens is 1. The van der Waals surface area contributed by atoms with E-state index in [0.29, 0.717) is 5.56 Å². The van der Waals surface area contributed by atoms with Crippen LogP contribution in [-0.2, 0) is 4.79 Å². The van der Waals surface area contributed by atoms with Crippen LogP contribution in [0.25, 0.3) is 0 Å². The zero-order valence-electron chi connectivity index (χ0n) is 11.4. The summed E-state index contributed by atoms with van der Waals surface area (Å²) in [5, 5.41) is 19.5. The van der Waals surface area contributed by atoms with Gasteiger partial charge in [-0.3, -0.25) is 4.79 Å². The third-order valence-electron chi connectivity index (χ3n) is 2.59. The first-order valence-electron chi connectivity index (χ1n) is 5.81. The van der Waals surface area contributed by atoms with Crippen LogP contribution in [0.3, 0.4) is 0 Å². The van der Waals surface area contributed by atoms with E-state index >= 15 is 0 Å². The maximum atomic E-state index is 11.1. The number of aliphatic hydroxyl groups is 2. The van der Waals surface area contributed by atoms with Gasteiger partial charge < -0.3 is 24.4 Å². The number of hydrogen-bond donors (Lipinski definition) is 2. The molecule has 0 aromatic heterocycles. The standard InChI is InChI=1S/C13H17ClO6/c1-7(15)20-13-10(18-2)4-8(5-11(13)19-3)12(17)9(16)6-14/h4-5,9,12,16-17H,6H2,1-3H3. The van der Waals surface area contributed by atoms with Gasteiger partial charge in [-0.05, 0) is 17.7 Å². The quantitative estimate of drug-likeness (QED) is 0.467. The first kappa shape index (κ1) is 16.6. The van der Waals surface area contributed by atoms with Crippen molar-refractivity contribution < 1.29 is 29.2 Å². The minimum absolute atomic E-state index is 0.110. The third-order valence-corrected chi connectivity index (χ3v) is 2.91. The molecule has 20 heavy (non-hydrogen) atoms. The molecule has 2 unspecified atom stereocenters. The molecule has 0 spiro atoms. The van der Waals surface area contributed by atoms with Crippen LogP contribution in [-0.4, -0.2) is 42.4 Å². The van der Waals surface area contributed by atoms with Crippen molar-refractivity contribution in [2.45, 2.75) is 19.1 Å². The Kier molecular flexibility index (Phi) is 6.06. The van der Waals surface area contributed by atoms with Gasteiger partial charge >= 0.3 is 5.97 Å². The number of aliphatic hydroxyl groups excluding tert-OH is 2. The van der Waals surface area contributed by atoms with E-state index in [9.17, 15) is 15.0 Å². The maximum absolute atomic E-state index is 11.1. The Bertz CT molecular complexity index is 451. The van der Waals surface area contributed by atoms with Crippen molar-refractivity contribution in [1.29, 1.82) is 0 Å². The molecule has 0 aliphatic rings. The molecular weight excluding hydrogens is 288 g/mol. The Morgan fingerprint density at radius 2 is 1.75 bits per heavy atom. The van der Waals surface area contributed by atoms with Gasteiger partial charge in [0.15, 0.2) is 11.5 Å². The van der Waals surface area contributed by atoms with Gasteiger partial charge in [0.2, 0.25) is 5.75 Å². The fourth-order valence-electron chi connectivity index (χ4n) is 1.62. The monoisotopic (exact) mass is 304 g/mol. The van der Waals surface area contributed by atoms with Gasteiger partial charge in [0.1, 0.15) is 6.10 Å². The van der Waals surface area contributed by atoms with Crippen LogP contribution in [0.1, 0.15) is 18.6 Å². The summed E-state index contributed by atoms with van der Waals surface area (Å²) in [7, 11) is 2.77. The van der Waals surface area contributed by atoms with Crippen molar-refractivity contribution in [2.75, 3.05) is 20.1 Å². The van der Waals surface area contributed by atoms with E-state index < -0.39 is 18.2 Å². The van der Waals surface area contributed by atoms with Gasteiger partial charge in [0, 0.05) is 6.92 Å². The molecule has 6 nitrogen and oxygen atoms in total. The Labute approximate surface area is 121 Å². The number of esters is 1. The lowest BCUT2D eigenvalue weighted by Gasteiger charge is -2.19. The topological polar surface area (TPSA) is 85.2 Å². The SMILES string of the molecule is COc1cc(C(O)C(O)CCl)cc(OC)c1OC(C)=O. The first-order valence-corrected chi connectivity index (χ1v) is 6.34. The number of benzene rings is 1. The van der Waals surface area contributed by atoms with Gasteiger partial charge in [-0.1, -0.05) is 0 Å². The van der Waals surface area contributed by atoms with Crippen molar-refractivity contribution in [3.05, 3.63) is 17.7 Å². The first-order chi connectivity index (χ1) is 9.44. The van der Waals surface area contributed by atoms with Gasteiger partial charge in [0.25, 0.3) is 0 Å². The van der Waals surface area contributed by atoms with Crippen LogP contribution in [0.5, 0.6) is 17.2 Å². The fourth-order valence-corrected chi connectivity index (χ4v) is 1.79. The molecule has 0 saturated carbocycles. The summed E-state index contributed by atoms with van der Waals surface area (Å²) in [6, 6.07) is 2.89. The van der Waals surface area contributed by atoms with E-state index in [4.69, 9.17) is 25.8 Å². The molecule has 0 fully saturated rings. The van der Waals surface area contributed by atoms with Gasteiger partial charge in [-0.15, -0.1) is 11.6 Å². The summed E-state index contributed by atoms with van der Waals surface area (Å²) in [4.78, 5) is 11.1. The molecule has 0 aliphatic carbocycles. The van der Waals surface area contributed by atoms with Gasteiger partial charge in [-0.25, -0.2) is 0 Å². The zero-order valence-corrected chi connectivity index (χ0v) is 12.2. The van der Waals surface area contributed by atoms with Crippen LogP contribution in [0.15, 0.2) is 12.1 Å². The highest BCUT2D eigenvalue weighted by Gasteiger charge is 2.23. The van der Waals surface area contributed by atoms with Crippen molar-refractivity contribution in [2.24, 2.45) is 0 Å². The second-order valence-electron chi connectivity index (χ2n) is 4.01. The lowest BCUT2D eigenvalue weighted by Crippen LogP contribution is -2.20. The highest BCUT2D eigenvalue weighted by molar-refractivity contribution is 6.18. The zero-order chi connectivity index (χ0) is 15.3. The molecule has 0 saturated heterocycles. The predicted molar refractivity (Wildman–Crippen MR) is 72.5 cm³/mol. The highest BCUT2D eigenvalue weighted by Crippen LogP contribution is 2.40. The summed E-state index contributed by atoms with van der Waals surface area (Å²) >= 11 is 5.50. The Hall–Kier alpha value is -1.50. The molecule has 0 heterocycles. The second-order valence-corrected chi connectivity index (χ2v) is 4.32. The van der Waals surface area contributed by atoms with E-state index in [1.54, 1.807) is 0 Å². The number of rotatable bonds is 6. The fraction of sp³-hybridized carbons (Fsp3) is 0.462. The Morgan fingerprint density at radius 1 is 1.25 bits per heavy atom. The van der Waals surface area contributed by atoms with Crippen molar-refractivity contribution in [3.63, 3.8) is 0 Å². The summed E-state index contributed by atoms with van der Waals surface area (Å²) in [5.74, 6) is -0.141. The van der Waals surface area contributed by atoms with Crippen LogP contribution in [0.4, 0.5) is 0 Å². The molecule has 0 amide bonds. The summed E-state index contributed by atoms with van der Waals surface area (Å²) in [6.07, 6.45) is -2.34. The van der Waals surface area contributed by atoms with Crippen molar-refractivity contribution in [3.8, 4) is 17.2 Å². The largest absolute Gasteiger partial charge is 0.493 e. The molecule has 1 rings (SSSR count). The minimum Gasteiger partial charge on any atom is -0.493 e. The molecule has 0 bridgehead atoms. The van der Waals surface area contributed by atoms with Crippen LogP contribution < -0.4 is 14.2 Å². The Balaban J connectivity index is 3.28. The molecule has 1 aromatic rings. The smallest absolute Gasteiger partial charge is 0.308 e. The van der Waals surface area contributed by atoms with Gasteiger partial charge in [0.05, 0.1) is 26.2 Å². The van der Waals surface area contributed by atoms with E-state index in [0.717, 1.165) is 0 Å². The third kappa shape index (κ3) is 3.75. The maximum Gasteiger partial charge on any atom is 0.308 e. The van der Waals surface area contributed by atoms with Crippen molar-refractivity contribution in [1.82, 2.24) is 0 Å². The molecule has 2 N–H and O–H groups in total. The van der Waals surface area contributed by atoms with Gasteiger partial charge in [-0.2, -0.15) is 0 Å². The lowest BCUT2D eigenvalue weighted by molar-refractivity contribution is -0.132. The molecule has 0 radical (unpaired) electrons. The number of alkyl halides is 1. The highest BCUT2D eigenvalue weighted by atomic mass is 35.5. The van der Waals surface area contributed by atoms with E-state index in [1.807, 2.05) is 0 Å².